The smallest absolute Gasteiger partial charge is 0.353 e. The zero-order valence-electron chi connectivity index (χ0n) is 10.5. The SMILES string of the molecule is CC(C)N(CCC#N)c1cc(C(F)(F)F)cc(Cl)n1. The van der Waals surface area contributed by atoms with E-state index in [1.807, 2.05) is 19.9 Å². The largest absolute Gasteiger partial charge is 0.416 e. The highest BCUT2D eigenvalue weighted by Crippen LogP contribution is 2.33. The number of alkyl halides is 3. The van der Waals surface area contributed by atoms with E-state index in [9.17, 15) is 13.2 Å². The lowest BCUT2D eigenvalue weighted by Crippen LogP contribution is -2.32. The molecule has 0 N–H and O–H groups in total. The number of hydrogen-bond acceptors (Lipinski definition) is 3. The van der Waals surface area contributed by atoms with Gasteiger partial charge in [-0.05, 0) is 26.0 Å². The first-order chi connectivity index (χ1) is 8.75. The fourth-order valence-corrected chi connectivity index (χ4v) is 1.81. The second kappa shape index (κ2) is 6.11. The van der Waals surface area contributed by atoms with Crippen LogP contribution in [-0.4, -0.2) is 17.6 Å². The zero-order valence-corrected chi connectivity index (χ0v) is 11.3. The van der Waals surface area contributed by atoms with Crippen molar-refractivity contribution in [3.63, 3.8) is 0 Å². The average Bonchev–Trinajstić information content (AvgIpc) is 2.27. The summed E-state index contributed by atoms with van der Waals surface area (Å²) in [6, 6.07) is 3.61. The van der Waals surface area contributed by atoms with Crippen LogP contribution in [0.1, 0.15) is 25.8 Å². The van der Waals surface area contributed by atoms with Crippen LogP contribution >= 0.6 is 11.6 Å². The summed E-state index contributed by atoms with van der Waals surface area (Å²) in [5, 5.41) is 8.36. The molecule has 7 heteroatoms. The second-order valence-corrected chi connectivity index (χ2v) is 4.62. The molecule has 0 aromatic carbocycles. The summed E-state index contributed by atoms with van der Waals surface area (Å²) in [4.78, 5) is 5.52. The fourth-order valence-electron chi connectivity index (χ4n) is 1.60. The molecule has 0 saturated heterocycles. The minimum absolute atomic E-state index is 0.0830. The molecule has 0 radical (unpaired) electrons. The van der Waals surface area contributed by atoms with E-state index >= 15 is 0 Å². The van der Waals surface area contributed by atoms with E-state index in [1.54, 1.807) is 4.90 Å². The molecule has 3 nitrogen and oxygen atoms in total. The molecular formula is C12H13ClF3N3. The number of nitriles is 1. The lowest BCUT2D eigenvalue weighted by Gasteiger charge is -2.27. The van der Waals surface area contributed by atoms with Gasteiger partial charge in [-0.15, -0.1) is 0 Å². The van der Waals surface area contributed by atoms with E-state index in [1.165, 1.54) is 0 Å². The molecule has 1 rings (SSSR count). The second-order valence-electron chi connectivity index (χ2n) is 4.23. The molecule has 0 atom stereocenters. The summed E-state index contributed by atoms with van der Waals surface area (Å²) in [6.07, 6.45) is -4.27. The van der Waals surface area contributed by atoms with Crippen molar-refractivity contribution in [1.82, 2.24) is 4.98 Å². The summed E-state index contributed by atoms with van der Waals surface area (Å²) in [5.41, 5.74) is -0.842. The van der Waals surface area contributed by atoms with E-state index in [2.05, 4.69) is 4.98 Å². The zero-order chi connectivity index (χ0) is 14.6. The maximum atomic E-state index is 12.7. The summed E-state index contributed by atoms with van der Waals surface area (Å²) in [7, 11) is 0. The first-order valence-corrected chi connectivity index (χ1v) is 6.02. The minimum atomic E-state index is -4.47. The Morgan fingerprint density at radius 2 is 2.05 bits per heavy atom. The molecular weight excluding hydrogens is 279 g/mol. The van der Waals surface area contributed by atoms with Crippen molar-refractivity contribution in [1.29, 1.82) is 5.26 Å². The lowest BCUT2D eigenvalue weighted by atomic mass is 10.2. The Kier molecular flexibility index (Phi) is 5.01. The first kappa shape index (κ1) is 15.6. The number of anilines is 1. The van der Waals surface area contributed by atoms with Gasteiger partial charge < -0.3 is 4.90 Å². The summed E-state index contributed by atoms with van der Waals surface area (Å²) >= 11 is 5.64. The van der Waals surface area contributed by atoms with Crippen molar-refractivity contribution in [3.8, 4) is 6.07 Å². The van der Waals surface area contributed by atoms with Crippen LogP contribution < -0.4 is 4.90 Å². The van der Waals surface area contributed by atoms with E-state index in [0.717, 1.165) is 12.1 Å². The summed E-state index contributed by atoms with van der Waals surface area (Å²) in [5.74, 6) is 0.130. The molecule has 0 fully saturated rings. The van der Waals surface area contributed by atoms with E-state index in [0.29, 0.717) is 6.54 Å². The van der Waals surface area contributed by atoms with Gasteiger partial charge in [0.1, 0.15) is 11.0 Å². The molecule has 104 valence electrons. The molecule has 0 amide bonds. The van der Waals surface area contributed by atoms with Gasteiger partial charge >= 0.3 is 6.18 Å². The monoisotopic (exact) mass is 291 g/mol. The predicted octanol–water partition coefficient (Wildman–Crippen LogP) is 3.88. The predicted molar refractivity (Wildman–Crippen MR) is 67.0 cm³/mol. The van der Waals surface area contributed by atoms with Gasteiger partial charge in [0.25, 0.3) is 0 Å². The topological polar surface area (TPSA) is 39.9 Å². The van der Waals surface area contributed by atoms with Gasteiger partial charge in [-0.1, -0.05) is 11.6 Å². The van der Waals surface area contributed by atoms with Crippen LogP contribution in [0.2, 0.25) is 5.15 Å². The highest BCUT2D eigenvalue weighted by molar-refractivity contribution is 6.29. The Balaban J connectivity index is 3.17. The fraction of sp³-hybridized carbons (Fsp3) is 0.500. The lowest BCUT2D eigenvalue weighted by molar-refractivity contribution is -0.137. The van der Waals surface area contributed by atoms with Crippen LogP contribution in [0.5, 0.6) is 0 Å². The molecule has 19 heavy (non-hydrogen) atoms. The molecule has 0 aliphatic heterocycles. The maximum absolute atomic E-state index is 12.7. The molecule has 0 saturated carbocycles. The molecule has 0 aliphatic rings. The van der Waals surface area contributed by atoms with Crippen molar-refractivity contribution in [2.24, 2.45) is 0 Å². The third-order valence-corrected chi connectivity index (χ3v) is 2.68. The molecule has 0 spiro atoms. The molecule has 1 aromatic heterocycles. The van der Waals surface area contributed by atoms with Crippen molar-refractivity contribution < 1.29 is 13.2 Å². The van der Waals surface area contributed by atoms with Gasteiger partial charge in [-0.2, -0.15) is 18.4 Å². The summed E-state index contributed by atoms with van der Waals surface area (Å²) < 4.78 is 38.1. The number of aromatic nitrogens is 1. The highest BCUT2D eigenvalue weighted by atomic mass is 35.5. The Labute approximate surface area is 114 Å². The third kappa shape index (κ3) is 4.28. The molecule has 1 heterocycles. The Morgan fingerprint density at radius 3 is 2.53 bits per heavy atom. The highest BCUT2D eigenvalue weighted by Gasteiger charge is 2.32. The van der Waals surface area contributed by atoms with Gasteiger partial charge in [0.15, 0.2) is 0 Å². The van der Waals surface area contributed by atoms with Crippen LogP contribution in [0.4, 0.5) is 19.0 Å². The van der Waals surface area contributed by atoms with Crippen LogP contribution in [-0.2, 0) is 6.18 Å². The molecule has 0 bridgehead atoms. The van der Waals surface area contributed by atoms with Crippen LogP contribution in [0.3, 0.4) is 0 Å². The number of pyridine rings is 1. The number of nitrogens with zero attached hydrogens (tertiary/aromatic N) is 3. The number of halogens is 4. The number of hydrogen-bond donors (Lipinski definition) is 0. The van der Waals surface area contributed by atoms with Crippen molar-refractivity contribution in [2.45, 2.75) is 32.5 Å². The minimum Gasteiger partial charge on any atom is -0.353 e. The first-order valence-electron chi connectivity index (χ1n) is 5.64. The van der Waals surface area contributed by atoms with Crippen molar-refractivity contribution in [3.05, 3.63) is 22.8 Å². The van der Waals surface area contributed by atoms with Gasteiger partial charge in [0.2, 0.25) is 0 Å². The Hall–Kier alpha value is -1.48. The van der Waals surface area contributed by atoms with Crippen molar-refractivity contribution in [2.75, 3.05) is 11.4 Å². The van der Waals surface area contributed by atoms with Crippen LogP contribution in [0, 0.1) is 11.3 Å². The van der Waals surface area contributed by atoms with Gasteiger partial charge in [0.05, 0.1) is 18.1 Å². The average molecular weight is 292 g/mol. The normalized spacial score (nSPS) is 11.5. The quantitative estimate of drug-likeness (QED) is 0.790. The van der Waals surface area contributed by atoms with Gasteiger partial charge in [-0.3, -0.25) is 0 Å². The number of rotatable bonds is 4. The molecule has 0 aliphatic carbocycles. The Bertz CT molecular complexity index is 480. The van der Waals surface area contributed by atoms with Crippen LogP contribution in [0.15, 0.2) is 12.1 Å². The Morgan fingerprint density at radius 1 is 1.42 bits per heavy atom. The van der Waals surface area contributed by atoms with E-state index in [-0.39, 0.29) is 23.4 Å². The molecule has 1 aromatic rings. The van der Waals surface area contributed by atoms with E-state index in [4.69, 9.17) is 16.9 Å². The van der Waals surface area contributed by atoms with Crippen LogP contribution in [0.25, 0.3) is 0 Å². The standard InChI is InChI=1S/C12H13ClF3N3/c1-8(2)19(5-3-4-17)11-7-9(12(14,15)16)6-10(13)18-11/h6-8H,3,5H2,1-2H3. The molecule has 0 unspecified atom stereocenters. The van der Waals surface area contributed by atoms with Crippen molar-refractivity contribution >= 4 is 17.4 Å². The summed E-state index contributed by atoms with van der Waals surface area (Å²) in [6.45, 7) is 3.93. The van der Waals surface area contributed by atoms with Gasteiger partial charge in [0, 0.05) is 12.6 Å². The van der Waals surface area contributed by atoms with Gasteiger partial charge in [-0.25, -0.2) is 4.98 Å². The maximum Gasteiger partial charge on any atom is 0.416 e. The van der Waals surface area contributed by atoms with E-state index < -0.39 is 11.7 Å². The third-order valence-electron chi connectivity index (χ3n) is 2.49.